The highest BCUT2D eigenvalue weighted by molar-refractivity contribution is 6.30. The average Bonchev–Trinajstić information content (AvgIpc) is 3.30. The predicted octanol–water partition coefficient (Wildman–Crippen LogP) is 3.35. The zero-order chi connectivity index (χ0) is 19.5. The first kappa shape index (κ1) is 18.9. The Kier molecular flexibility index (Phi) is 5.62. The zero-order valence-corrected chi connectivity index (χ0v) is 16.1. The third-order valence-corrected chi connectivity index (χ3v) is 5.39. The van der Waals surface area contributed by atoms with Gasteiger partial charge in [-0.15, -0.1) is 0 Å². The van der Waals surface area contributed by atoms with Gasteiger partial charge in [0.1, 0.15) is 0 Å². The number of hydrogen-bond acceptors (Lipinski definition) is 5. The molecule has 7 heteroatoms. The molecule has 1 N–H and O–H groups in total. The molecule has 146 valence electrons. The summed E-state index contributed by atoms with van der Waals surface area (Å²) >= 11 is 6.14. The van der Waals surface area contributed by atoms with E-state index in [0.29, 0.717) is 17.4 Å². The number of halogens is 1. The summed E-state index contributed by atoms with van der Waals surface area (Å²) in [6.07, 6.45) is 1.36. The summed E-state index contributed by atoms with van der Waals surface area (Å²) in [5.41, 5.74) is 1.93. The van der Waals surface area contributed by atoms with Gasteiger partial charge in [-0.3, -0.25) is 14.0 Å². The summed E-state index contributed by atoms with van der Waals surface area (Å²) in [6, 6.07) is 17.4. The summed E-state index contributed by atoms with van der Waals surface area (Å²) in [6.45, 7) is 1.49. The van der Waals surface area contributed by atoms with E-state index in [0.717, 1.165) is 30.5 Å². The molecule has 1 fully saturated rings. The molecule has 2 atom stereocenters. The smallest absolute Gasteiger partial charge is 0.390 e. The van der Waals surface area contributed by atoms with Crippen LogP contribution in [-0.2, 0) is 6.54 Å². The minimum Gasteiger partial charge on any atom is -0.390 e. The Morgan fingerprint density at radius 3 is 2.79 bits per heavy atom. The molecule has 0 amide bonds. The Hall–Kier alpha value is -2.41. The zero-order valence-electron chi connectivity index (χ0n) is 15.4. The Bertz CT molecular complexity index is 986. The third kappa shape index (κ3) is 4.04. The predicted molar refractivity (Wildman–Crippen MR) is 107 cm³/mol. The quantitative estimate of drug-likeness (QED) is 0.688. The Labute approximate surface area is 168 Å². The van der Waals surface area contributed by atoms with Gasteiger partial charge in [0, 0.05) is 23.2 Å². The van der Waals surface area contributed by atoms with Crippen LogP contribution in [-0.4, -0.2) is 38.9 Å². The number of hydrogen-bond donors (Lipinski definition) is 1. The number of rotatable bonds is 6. The molecular formula is C21H22ClN3O3. The molecule has 2 heterocycles. The second-order valence-electron chi connectivity index (χ2n) is 7.11. The van der Waals surface area contributed by atoms with Crippen LogP contribution in [0.1, 0.15) is 24.4 Å². The highest BCUT2D eigenvalue weighted by Gasteiger charge is 2.28. The Morgan fingerprint density at radius 1 is 1.18 bits per heavy atom. The van der Waals surface area contributed by atoms with E-state index in [9.17, 15) is 9.90 Å². The topological polar surface area (TPSA) is 71.5 Å². The molecule has 1 aromatic heterocycles. The highest BCUT2D eigenvalue weighted by Crippen LogP contribution is 2.33. The Balaban J connectivity index is 1.49. The second kappa shape index (κ2) is 8.31. The van der Waals surface area contributed by atoms with Crippen molar-refractivity contribution in [2.75, 3.05) is 13.1 Å². The number of nitrogens with zero attached hydrogens (tertiary/aromatic N) is 3. The van der Waals surface area contributed by atoms with Gasteiger partial charge in [0.15, 0.2) is 5.82 Å². The van der Waals surface area contributed by atoms with Crippen LogP contribution < -0.4 is 5.76 Å². The monoisotopic (exact) mass is 399 g/mol. The third-order valence-electron chi connectivity index (χ3n) is 5.15. The van der Waals surface area contributed by atoms with Crippen molar-refractivity contribution >= 4 is 11.6 Å². The van der Waals surface area contributed by atoms with Crippen LogP contribution in [0.4, 0.5) is 0 Å². The standard InChI is InChI=1S/C21H22ClN3O3/c22-17-9-4-8-16(12-17)19-10-5-11-24(19)13-18(26)14-25-20(23-28-21(25)27)15-6-2-1-3-7-15/h1-4,6-9,12,18-19,26H,5,10-11,13-14H2. The molecule has 0 saturated carbocycles. The molecule has 1 aliphatic heterocycles. The van der Waals surface area contributed by atoms with Crippen LogP contribution >= 0.6 is 11.6 Å². The van der Waals surface area contributed by atoms with Crippen molar-refractivity contribution in [3.05, 3.63) is 75.7 Å². The summed E-state index contributed by atoms with van der Waals surface area (Å²) in [4.78, 5) is 14.4. The van der Waals surface area contributed by atoms with Gasteiger partial charge in [0.25, 0.3) is 0 Å². The van der Waals surface area contributed by atoms with Crippen molar-refractivity contribution in [2.24, 2.45) is 0 Å². The van der Waals surface area contributed by atoms with E-state index in [2.05, 4.69) is 16.1 Å². The van der Waals surface area contributed by atoms with E-state index in [4.69, 9.17) is 16.1 Å². The lowest BCUT2D eigenvalue weighted by atomic mass is 10.0. The largest absolute Gasteiger partial charge is 0.441 e. The number of aliphatic hydroxyl groups excluding tert-OH is 1. The lowest BCUT2D eigenvalue weighted by Gasteiger charge is -2.27. The lowest BCUT2D eigenvalue weighted by molar-refractivity contribution is 0.0906. The van der Waals surface area contributed by atoms with E-state index < -0.39 is 11.9 Å². The first-order valence-electron chi connectivity index (χ1n) is 9.41. The van der Waals surface area contributed by atoms with E-state index in [1.165, 1.54) is 4.57 Å². The maximum absolute atomic E-state index is 12.1. The average molecular weight is 400 g/mol. The van der Waals surface area contributed by atoms with Crippen LogP contribution in [0.3, 0.4) is 0 Å². The molecule has 0 spiro atoms. The van der Waals surface area contributed by atoms with Crippen LogP contribution in [0.15, 0.2) is 63.9 Å². The van der Waals surface area contributed by atoms with Crippen LogP contribution in [0, 0.1) is 0 Å². The molecule has 0 bridgehead atoms. The molecule has 4 rings (SSSR count). The normalized spacial score (nSPS) is 18.4. The molecule has 3 aromatic rings. The summed E-state index contributed by atoms with van der Waals surface area (Å²) in [5.74, 6) is -0.136. The fourth-order valence-corrected chi connectivity index (χ4v) is 4.10. The SMILES string of the molecule is O=c1onc(-c2ccccc2)n1CC(O)CN1CCCC1c1cccc(Cl)c1. The summed E-state index contributed by atoms with van der Waals surface area (Å²) in [7, 11) is 0. The van der Waals surface area contributed by atoms with E-state index in [1.807, 2.05) is 48.5 Å². The van der Waals surface area contributed by atoms with Crippen LogP contribution in [0.5, 0.6) is 0 Å². The van der Waals surface area contributed by atoms with Gasteiger partial charge in [-0.2, -0.15) is 0 Å². The first-order chi connectivity index (χ1) is 13.6. The summed E-state index contributed by atoms with van der Waals surface area (Å²) in [5, 5.41) is 15.3. The molecule has 1 saturated heterocycles. The minimum atomic E-state index is -0.723. The highest BCUT2D eigenvalue weighted by atomic mass is 35.5. The number of aliphatic hydroxyl groups is 1. The van der Waals surface area contributed by atoms with E-state index in [-0.39, 0.29) is 12.6 Å². The summed E-state index contributed by atoms with van der Waals surface area (Å²) < 4.78 is 6.24. The van der Waals surface area contributed by atoms with Crippen LogP contribution in [0.2, 0.25) is 5.02 Å². The molecule has 0 radical (unpaired) electrons. The van der Waals surface area contributed by atoms with Crippen molar-refractivity contribution in [3.63, 3.8) is 0 Å². The minimum absolute atomic E-state index is 0.130. The lowest BCUT2D eigenvalue weighted by Crippen LogP contribution is -2.36. The molecule has 28 heavy (non-hydrogen) atoms. The number of β-amino-alcohol motifs (C(OH)–C–C–N with tert-alkyl or cyclic N) is 1. The molecule has 1 aliphatic rings. The van der Waals surface area contributed by atoms with Gasteiger partial charge in [-0.1, -0.05) is 59.2 Å². The van der Waals surface area contributed by atoms with Crippen molar-refractivity contribution in [1.29, 1.82) is 0 Å². The van der Waals surface area contributed by atoms with Crippen molar-refractivity contribution < 1.29 is 9.63 Å². The number of benzene rings is 2. The van der Waals surface area contributed by atoms with Gasteiger partial charge in [-0.25, -0.2) is 4.79 Å². The van der Waals surface area contributed by atoms with Crippen molar-refractivity contribution in [3.8, 4) is 11.4 Å². The molecule has 2 aromatic carbocycles. The van der Waals surface area contributed by atoms with Gasteiger partial charge in [0.05, 0.1) is 12.6 Å². The Morgan fingerprint density at radius 2 is 2.00 bits per heavy atom. The molecule has 6 nitrogen and oxygen atoms in total. The maximum Gasteiger partial charge on any atom is 0.441 e. The molecular weight excluding hydrogens is 378 g/mol. The van der Waals surface area contributed by atoms with Crippen LogP contribution in [0.25, 0.3) is 11.4 Å². The molecule has 2 unspecified atom stereocenters. The first-order valence-corrected chi connectivity index (χ1v) is 9.79. The second-order valence-corrected chi connectivity index (χ2v) is 7.55. The number of aromatic nitrogens is 2. The van der Waals surface area contributed by atoms with E-state index in [1.54, 1.807) is 0 Å². The fraction of sp³-hybridized carbons (Fsp3) is 0.333. The van der Waals surface area contributed by atoms with E-state index >= 15 is 0 Å². The number of likely N-dealkylation sites (tertiary alicyclic amines) is 1. The fourth-order valence-electron chi connectivity index (χ4n) is 3.90. The van der Waals surface area contributed by atoms with Gasteiger partial charge in [-0.05, 0) is 37.1 Å². The maximum atomic E-state index is 12.1. The van der Waals surface area contributed by atoms with Crippen molar-refractivity contribution in [1.82, 2.24) is 14.6 Å². The molecule has 0 aliphatic carbocycles. The van der Waals surface area contributed by atoms with Gasteiger partial charge >= 0.3 is 5.76 Å². The van der Waals surface area contributed by atoms with Gasteiger partial charge in [0.2, 0.25) is 0 Å². The van der Waals surface area contributed by atoms with Gasteiger partial charge < -0.3 is 5.11 Å². The van der Waals surface area contributed by atoms with Crippen molar-refractivity contribution in [2.45, 2.75) is 31.5 Å².